The van der Waals surface area contributed by atoms with Crippen molar-refractivity contribution in [2.45, 2.75) is 13.8 Å². The van der Waals surface area contributed by atoms with Crippen molar-refractivity contribution in [3.05, 3.63) is 41.0 Å². The van der Waals surface area contributed by atoms with Gasteiger partial charge in [-0.15, -0.1) is 0 Å². The molecule has 0 bridgehead atoms. The van der Waals surface area contributed by atoms with Crippen LogP contribution in [0.4, 0.5) is 0 Å². The maximum atomic E-state index is 11.5. The van der Waals surface area contributed by atoms with Crippen LogP contribution >= 0.6 is 0 Å². The fourth-order valence-corrected chi connectivity index (χ4v) is 1.65. The molecule has 1 aromatic rings. The molecule has 0 spiro atoms. The molecular weight excluding hydrogens is 242 g/mol. The minimum Gasteiger partial charge on any atom is -0.394 e. The normalized spacial score (nSPS) is 10.9. The molecule has 0 aliphatic heterocycles. The van der Waals surface area contributed by atoms with Gasteiger partial charge in [-0.3, -0.25) is 4.79 Å². The third kappa shape index (κ3) is 6.18. The quantitative estimate of drug-likeness (QED) is 0.578. The van der Waals surface area contributed by atoms with E-state index in [1.807, 2.05) is 26.0 Å². The molecule has 0 heterocycles. The number of hydrogen-bond acceptors (Lipinski definition) is 3. The smallest absolute Gasteiger partial charge is 0.244 e. The van der Waals surface area contributed by atoms with E-state index < -0.39 is 0 Å². The molecule has 0 saturated carbocycles. The highest BCUT2D eigenvalue weighted by Gasteiger charge is 1.97. The maximum Gasteiger partial charge on any atom is 0.244 e. The van der Waals surface area contributed by atoms with Crippen LogP contribution in [0.3, 0.4) is 0 Å². The van der Waals surface area contributed by atoms with Crippen LogP contribution in [0.1, 0.15) is 16.7 Å². The highest BCUT2D eigenvalue weighted by atomic mass is 16.5. The van der Waals surface area contributed by atoms with Gasteiger partial charge >= 0.3 is 0 Å². The summed E-state index contributed by atoms with van der Waals surface area (Å²) in [4.78, 5) is 11.5. The topological polar surface area (TPSA) is 58.6 Å². The monoisotopic (exact) mass is 263 g/mol. The minimum atomic E-state index is -0.146. The number of carbonyl (C=O) groups is 1. The second-order valence-corrected chi connectivity index (χ2v) is 4.32. The predicted molar refractivity (Wildman–Crippen MR) is 75.9 cm³/mol. The number of benzene rings is 1. The average Bonchev–Trinajstić information content (AvgIpc) is 2.37. The molecule has 0 radical (unpaired) electrons. The molecule has 4 heteroatoms. The first kappa shape index (κ1) is 15.4. The van der Waals surface area contributed by atoms with Gasteiger partial charge in [-0.05, 0) is 31.1 Å². The van der Waals surface area contributed by atoms with Crippen LogP contribution in [0.5, 0.6) is 0 Å². The second kappa shape index (κ2) is 8.45. The van der Waals surface area contributed by atoms with Crippen LogP contribution in [0.15, 0.2) is 24.3 Å². The third-order valence-corrected chi connectivity index (χ3v) is 2.62. The van der Waals surface area contributed by atoms with Crippen LogP contribution in [0, 0.1) is 13.8 Å². The lowest BCUT2D eigenvalue weighted by Gasteiger charge is -2.04. The summed E-state index contributed by atoms with van der Waals surface area (Å²) >= 11 is 0. The van der Waals surface area contributed by atoms with E-state index >= 15 is 0 Å². The lowest BCUT2D eigenvalue weighted by atomic mass is 10.1. The van der Waals surface area contributed by atoms with Crippen molar-refractivity contribution < 1.29 is 14.6 Å². The lowest BCUT2D eigenvalue weighted by Crippen LogP contribution is -2.25. The molecular formula is C15H21NO3. The highest BCUT2D eigenvalue weighted by Crippen LogP contribution is 2.11. The van der Waals surface area contributed by atoms with Gasteiger partial charge in [-0.25, -0.2) is 0 Å². The van der Waals surface area contributed by atoms with Gasteiger partial charge in [-0.1, -0.05) is 23.8 Å². The number of amides is 1. The summed E-state index contributed by atoms with van der Waals surface area (Å²) < 4.78 is 5.04. The van der Waals surface area contributed by atoms with Crippen LogP contribution in [-0.2, 0) is 9.53 Å². The fourth-order valence-electron chi connectivity index (χ4n) is 1.65. The van der Waals surface area contributed by atoms with Crippen molar-refractivity contribution in [2.24, 2.45) is 0 Å². The first-order chi connectivity index (χ1) is 9.13. The number of nitrogens with one attached hydrogen (secondary N) is 1. The van der Waals surface area contributed by atoms with Crippen molar-refractivity contribution in [1.82, 2.24) is 5.32 Å². The molecule has 0 aliphatic rings. The Hall–Kier alpha value is -1.65. The van der Waals surface area contributed by atoms with Crippen molar-refractivity contribution >= 4 is 12.0 Å². The zero-order valence-electron chi connectivity index (χ0n) is 11.5. The van der Waals surface area contributed by atoms with E-state index in [2.05, 4.69) is 11.4 Å². The molecule has 0 atom stereocenters. The van der Waals surface area contributed by atoms with Gasteiger partial charge in [-0.2, -0.15) is 0 Å². The van der Waals surface area contributed by atoms with Crippen LogP contribution < -0.4 is 5.32 Å². The van der Waals surface area contributed by atoms with Crippen molar-refractivity contribution in [1.29, 1.82) is 0 Å². The summed E-state index contributed by atoms with van der Waals surface area (Å²) in [5.41, 5.74) is 3.40. The van der Waals surface area contributed by atoms with Gasteiger partial charge in [0.1, 0.15) is 0 Å². The van der Waals surface area contributed by atoms with Crippen molar-refractivity contribution in [3.63, 3.8) is 0 Å². The van der Waals surface area contributed by atoms with Crippen LogP contribution in [-0.4, -0.2) is 37.4 Å². The van der Waals surface area contributed by atoms with Gasteiger partial charge in [0, 0.05) is 12.6 Å². The SMILES string of the molecule is Cc1ccc(/C=C/C(=O)NCCOCCO)c(C)c1. The molecule has 0 unspecified atom stereocenters. The molecule has 1 rings (SSSR count). The molecule has 2 N–H and O–H groups in total. The Kier molecular flexibility index (Phi) is 6.85. The molecule has 0 aliphatic carbocycles. The minimum absolute atomic E-state index is 0.000546. The fraction of sp³-hybridized carbons (Fsp3) is 0.400. The van der Waals surface area contributed by atoms with Gasteiger partial charge in [0.15, 0.2) is 0 Å². The van der Waals surface area contributed by atoms with E-state index in [1.54, 1.807) is 6.08 Å². The summed E-state index contributed by atoms with van der Waals surface area (Å²) in [6.45, 7) is 5.21. The zero-order valence-corrected chi connectivity index (χ0v) is 11.5. The van der Waals surface area contributed by atoms with Crippen LogP contribution in [0.2, 0.25) is 0 Å². The predicted octanol–water partition coefficient (Wildman–Crippen LogP) is 1.44. The molecule has 4 nitrogen and oxygen atoms in total. The summed E-state index contributed by atoms with van der Waals surface area (Å²) in [7, 11) is 0. The number of aliphatic hydroxyl groups excluding tert-OH is 1. The zero-order chi connectivity index (χ0) is 14.1. The standard InChI is InChI=1S/C15H21NO3/c1-12-3-4-14(13(2)11-12)5-6-15(18)16-7-9-19-10-8-17/h3-6,11,17H,7-10H2,1-2H3,(H,16,18)/b6-5+. The molecule has 0 saturated heterocycles. The number of rotatable bonds is 7. The summed E-state index contributed by atoms with van der Waals surface area (Å²) in [5.74, 6) is -0.146. The van der Waals surface area contributed by atoms with E-state index in [1.165, 1.54) is 11.6 Å². The molecule has 1 amide bonds. The average molecular weight is 263 g/mol. The van der Waals surface area contributed by atoms with Crippen molar-refractivity contribution in [2.75, 3.05) is 26.4 Å². The number of aryl methyl sites for hydroxylation is 2. The molecule has 19 heavy (non-hydrogen) atoms. The van der Waals surface area contributed by atoms with Gasteiger partial charge < -0.3 is 15.2 Å². The largest absolute Gasteiger partial charge is 0.394 e. The van der Waals surface area contributed by atoms with Crippen molar-refractivity contribution in [3.8, 4) is 0 Å². The van der Waals surface area contributed by atoms with E-state index in [9.17, 15) is 4.79 Å². The Balaban J connectivity index is 2.37. The second-order valence-electron chi connectivity index (χ2n) is 4.32. The third-order valence-electron chi connectivity index (χ3n) is 2.62. The molecule has 104 valence electrons. The number of hydrogen-bond donors (Lipinski definition) is 2. The number of aliphatic hydroxyl groups is 1. The molecule has 0 fully saturated rings. The first-order valence-electron chi connectivity index (χ1n) is 6.35. The molecule has 0 aromatic heterocycles. The summed E-state index contributed by atoms with van der Waals surface area (Å²) in [5, 5.41) is 11.2. The van der Waals surface area contributed by atoms with Gasteiger partial charge in [0.25, 0.3) is 0 Å². The number of ether oxygens (including phenoxy) is 1. The Labute approximate surface area is 114 Å². The maximum absolute atomic E-state index is 11.5. The van der Waals surface area contributed by atoms with E-state index in [4.69, 9.17) is 9.84 Å². The number of carbonyl (C=O) groups excluding carboxylic acids is 1. The van der Waals surface area contributed by atoms with E-state index in [-0.39, 0.29) is 12.5 Å². The summed E-state index contributed by atoms with van der Waals surface area (Å²) in [6.07, 6.45) is 3.32. The van der Waals surface area contributed by atoms with Crippen LogP contribution in [0.25, 0.3) is 6.08 Å². The summed E-state index contributed by atoms with van der Waals surface area (Å²) in [6, 6.07) is 6.10. The van der Waals surface area contributed by atoms with E-state index in [0.29, 0.717) is 19.8 Å². The Bertz CT molecular complexity index is 441. The van der Waals surface area contributed by atoms with Gasteiger partial charge in [0.2, 0.25) is 5.91 Å². The lowest BCUT2D eigenvalue weighted by molar-refractivity contribution is -0.116. The van der Waals surface area contributed by atoms with Gasteiger partial charge in [0.05, 0.1) is 19.8 Å². The molecule has 1 aromatic carbocycles. The van der Waals surface area contributed by atoms with E-state index in [0.717, 1.165) is 11.1 Å². The highest BCUT2D eigenvalue weighted by molar-refractivity contribution is 5.91. The Morgan fingerprint density at radius 3 is 2.84 bits per heavy atom. The Morgan fingerprint density at radius 1 is 1.37 bits per heavy atom. The first-order valence-corrected chi connectivity index (χ1v) is 6.35. The Morgan fingerprint density at radius 2 is 2.16 bits per heavy atom.